The Kier molecular flexibility index (Phi) is 19.2. The van der Waals surface area contributed by atoms with E-state index >= 15 is 0 Å². The summed E-state index contributed by atoms with van der Waals surface area (Å²) in [5, 5.41) is 29.8. The number of amides is 4. The minimum absolute atomic E-state index is 0.0450. The SMILES string of the molecule is N#CC(CN=[N+]=[N-])OC(=O)N[C@@H](CCCNC(=O)Oc1ccc(C[C@@H](C(=O)OCC=CN)N(N)C(=O)OC(C=N)CN=[N+]=[N-])cc1)C(=O)N=O. The predicted molar refractivity (Wildman–Crippen MR) is 168 cm³/mol. The molecule has 266 valence electrons. The molecule has 24 heteroatoms. The summed E-state index contributed by atoms with van der Waals surface area (Å²) in [5.41, 5.74) is 22.4. The minimum Gasteiger partial charge on any atom is -0.460 e. The second-order valence-electron chi connectivity index (χ2n) is 9.35. The molecule has 0 saturated heterocycles. The summed E-state index contributed by atoms with van der Waals surface area (Å²) >= 11 is 0. The minimum atomic E-state index is -1.44. The molecule has 24 nitrogen and oxygen atoms in total. The van der Waals surface area contributed by atoms with Gasteiger partial charge in [0.15, 0.2) is 12.1 Å². The van der Waals surface area contributed by atoms with Crippen LogP contribution in [0.3, 0.4) is 0 Å². The Bertz CT molecular complexity index is 1520. The summed E-state index contributed by atoms with van der Waals surface area (Å²) in [7, 11) is 0. The molecule has 4 amide bonds. The first-order chi connectivity index (χ1) is 24.0. The zero-order chi connectivity index (χ0) is 37.3. The van der Waals surface area contributed by atoms with Gasteiger partial charge in [-0.15, -0.1) is 4.91 Å². The molecule has 7 N–H and O–H groups in total. The number of hydrazine groups is 1. The van der Waals surface area contributed by atoms with E-state index in [2.05, 4.69) is 35.9 Å². The fraction of sp³-hybridized carbons (Fsp3) is 0.423. The monoisotopic (exact) mass is 700 g/mol. The molecular weight excluding hydrogens is 668 g/mol. The van der Waals surface area contributed by atoms with Gasteiger partial charge in [-0.25, -0.2) is 30.0 Å². The molecule has 0 spiro atoms. The number of esters is 1. The average Bonchev–Trinajstić information content (AvgIpc) is 3.11. The molecule has 0 radical (unpaired) electrons. The first-order valence-electron chi connectivity index (χ1n) is 14.1. The molecule has 0 aliphatic rings. The highest BCUT2D eigenvalue weighted by molar-refractivity contribution is 5.86. The Balaban J connectivity index is 2.79. The Morgan fingerprint density at radius 3 is 2.36 bits per heavy atom. The lowest BCUT2D eigenvalue weighted by atomic mass is 10.1. The number of hydrogen-bond donors (Lipinski definition) is 5. The number of nitroso groups, excluding NO2 is 1. The maximum Gasteiger partial charge on any atom is 0.425 e. The lowest BCUT2D eigenvalue weighted by molar-refractivity contribution is -0.148. The van der Waals surface area contributed by atoms with Crippen LogP contribution in [-0.4, -0.2) is 91.9 Å². The van der Waals surface area contributed by atoms with Gasteiger partial charge in [0.1, 0.15) is 30.6 Å². The number of nitrogens with two attached hydrogens (primary N) is 2. The van der Waals surface area contributed by atoms with E-state index in [4.69, 9.17) is 52.3 Å². The maximum atomic E-state index is 12.8. The van der Waals surface area contributed by atoms with Gasteiger partial charge in [0, 0.05) is 34.2 Å². The van der Waals surface area contributed by atoms with Crippen LogP contribution < -0.4 is 26.9 Å². The van der Waals surface area contributed by atoms with Crippen molar-refractivity contribution in [1.82, 2.24) is 15.6 Å². The van der Waals surface area contributed by atoms with Crippen LogP contribution >= 0.6 is 0 Å². The van der Waals surface area contributed by atoms with Crippen LogP contribution in [0.5, 0.6) is 5.75 Å². The van der Waals surface area contributed by atoms with Crippen LogP contribution in [0.4, 0.5) is 14.4 Å². The maximum absolute atomic E-state index is 12.8. The molecule has 2 unspecified atom stereocenters. The molecule has 1 rings (SSSR count). The molecule has 4 atom stereocenters. The van der Waals surface area contributed by atoms with Crippen molar-refractivity contribution in [3.8, 4) is 11.8 Å². The van der Waals surface area contributed by atoms with Gasteiger partial charge in [-0.05, 0) is 53.9 Å². The number of ether oxygens (including phenoxy) is 4. The lowest BCUT2D eigenvalue weighted by Crippen LogP contribution is -2.52. The zero-order valence-electron chi connectivity index (χ0n) is 26.1. The van der Waals surface area contributed by atoms with Gasteiger partial charge in [0.25, 0.3) is 0 Å². The summed E-state index contributed by atoms with van der Waals surface area (Å²) < 4.78 is 20.0. The summed E-state index contributed by atoms with van der Waals surface area (Å²) in [6, 6.07) is 4.36. The first kappa shape index (κ1) is 41.1. The summed E-state index contributed by atoms with van der Waals surface area (Å²) in [4.78, 5) is 77.1. The van der Waals surface area contributed by atoms with E-state index in [1.807, 2.05) is 0 Å². The number of alkyl carbamates (subject to hydrolysis) is 1. The van der Waals surface area contributed by atoms with Gasteiger partial charge >= 0.3 is 30.2 Å². The smallest absolute Gasteiger partial charge is 0.425 e. The quantitative estimate of drug-likeness (QED) is 0.0111. The fourth-order valence-corrected chi connectivity index (χ4v) is 3.53. The van der Waals surface area contributed by atoms with E-state index in [-0.39, 0.29) is 44.7 Å². The third kappa shape index (κ3) is 15.6. The third-order valence-corrected chi connectivity index (χ3v) is 5.93. The number of rotatable bonds is 20. The van der Waals surface area contributed by atoms with Crippen molar-refractivity contribution in [3.05, 3.63) is 67.9 Å². The van der Waals surface area contributed by atoms with Gasteiger partial charge in [-0.3, -0.25) is 4.79 Å². The fourth-order valence-electron chi connectivity index (χ4n) is 3.53. The normalized spacial score (nSPS) is 12.5. The van der Waals surface area contributed by atoms with Crippen LogP contribution in [0.25, 0.3) is 20.9 Å². The largest absolute Gasteiger partial charge is 0.460 e. The number of benzene rings is 1. The molecule has 0 aliphatic carbocycles. The Hall–Kier alpha value is -6.95. The van der Waals surface area contributed by atoms with Crippen molar-refractivity contribution < 1.29 is 42.9 Å². The van der Waals surface area contributed by atoms with Crippen molar-refractivity contribution in [1.29, 1.82) is 10.7 Å². The summed E-state index contributed by atoms with van der Waals surface area (Å²) in [6.07, 6.45) is -3.22. The predicted octanol–water partition coefficient (Wildman–Crippen LogP) is 1.71. The number of nitrogens with zero attached hydrogens (tertiary/aromatic N) is 9. The van der Waals surface area contributed by atoms with E-state index in [1.54, 1.807) is 6.07 Å². The highest BCUT2D eigenvalue weighted by Gasteiger charge is 2.32. The Morgan fingerprint density at radius 1 is 1.08 bits per heavy atom. The molecule has 0 fully saturated rings. The topological polar surface area (TPSA) is 376 Å². The molecule has 1 aromatic rings. The van der Waals surface area contributed by atoms with E-state index in [0.29, 0.717) is 16.8 Å². The van der Waals surface area contributed by atoms with Crippen LogP contribution in [0.2, 0.25) is 0 Å². The third-order valence-electron chi connectivity index (χ3n) is 5.93. The van der Waals surface area contributed by atoms with E-state index in [1.165, 1.54) is 30.3 Å². The van der Waals surface area contributed by atoms with Crippen molar-refractivity contribution in [2.24, 2.45) is 27.0 Å². The van der Waals surface area contributed by atoms with Crippen LogP contribution in [-0.2, 0) is 30.2 Å². The molecule has 0 bridgehead atoms. The number of azide groups is 2. The number of carbonyl (C=O) groups excluding carboxylic acids is 5. The highest BCUT2D eigenvalue weighted by atomic mass is 16.6. The second kappa shape index (κ2) is 23.4. The van der Waals surface area contributed by atoms with Crippen molar-refractivity contribution in [2.45, 2.75) is 43.6 Å². The second-order valence-corrected chi connectivity index (χ2v) is 9.35. The molecule has 0 aliphatic heterocycles. The van der Waals surface area contributed by atoms with Crippen LogP contribution in [0.1, 0.15) is 18.4 Å². The summed E-state index contributed by atoms with van der Waals surface area (Å²) in [6.45, 7) is -1.18. The van der Waals surface area contributed by atoms with Crippen LogP contribution in [0, 0.1) is 21.6 Å². The van der Waals surface area contributed by atoms with Gasteiger partial charge in [0.05, 0.1) is 13.1 Å². The summed E-state index contributed by atoms with van der Waals surface area (Å²) in [5.74, 6) is 3.76. The molecule has 1 aromatic carbocycles. The van der Waals surface area contributed by atoms with Crippen molar-refractivity contribution in [3.63, 3.8) is 0 Å². The van der Waals surface area contributed by atoms with E-state index < -0.39 is 61.0 Å². The zero-order valence-corrected chi connectivity index (χ0v) is 26.1. The van der Waals surface area contributed by atoms with Gasteiger partial charge in [-0.1, -0.05) is 22.4 Å². The number of hydrogen-bond acceptors (Lipinski definition) is 16. The Morgan fingerprint density at radius 2 is 1.76 bits per heavy atom. The molecule has 50 heavy (non-hydrogen) atoms. The number of nitriles is 1. The standard InChI is InChI=1S/C26H32N14O10/c27-8-2-10-47-23(42)21(40(32)26(45)50-19(13-29)15-35-39-31)11-16-4-6-17(7-5-16)48-24(43)33-9-1-3-20(22(41)37-46)36-25(44)49-18(12-28)14-34-38-30/h2,4-8,13,18-21,29H,1,3,9-11,14-15,27,32H2,(H,33,43)(H,36,44)/t18?,19?,20-,21-/m0/s1. The van der Waals surface area contributed by atoms with E-state index in [0.717, 1.165) is 6.20 Å². The van der Waals surface area contributed by atoms with E-state index in [9.17, 15) is 28.9 Å². The van der Waals surface area contributed by atoms with Gasteiger partial charge in [0.2, 0.25) is 0 Å². The molecule has 0 aromatic heterocycles. The van der Waals surface area contributed by atoms with Gasteiger partial charge < -0.3 is 40.7 Å². The highest BCUT2D eigenvalue weighted by Crippen LogP contribution is 2.16. The van der Waals surface area contributed by atoms with Crippen molar-refractivity contribution >= 4 is 36.4 Å². The Labute approximate surface area is 282 Å². The number of carbonyl (C=O) groups is 5. The van der Waals surface area contributed by atoms with Crippen molar-refractivity contribution in [2.75, 3.05) is 26.2 Å². The molecule has 0 saturated carbocycles. The number of nitrogens with one attached hydrogen (secondary N) is 3. The first-order valence-corrected chi connectivity index (χ1v) is 14.1. The molecule has 0 heterocycles. The molecular formula is C26H32N14O10. The van der Waals surface area contributed by atoms with Crippen LogP contribution in [0.15, 0.2) is 51.9 Å². The average molecular weight is 701 g/mol. The van der Waals surface area contributed by atoms with Gasteiger partial charge in [-0.2, -0.15) is 5.26 Å². The lowest BCUT2D eigenvalue weighted by Gasteiger charge is -2.26.